The van der Waals surface area contributed by atoms with Crippen LogP contribution in [0, 0.1) is 25.7 Å². The van der Waals surface area contributed by atoms with Gasteiger partial charge in [0.1, 0.15) is 0 Å². The molecule has 1 rings (SSSR count). The highest BCUT2D eigenvalue weighted by Crippen LogP contribution is 2.13. The normalized spacial score (nSPS) is 12.4. The number of allylic oxidation sites excluding steroid dienone is 2. The lowest BCUT2D eigenvalue weighted by Gasteiger charge is -2.06. The van der Waals surface area contributed by atoms with E-state index in [9.17, 15) is 0 Å². The molecular weight excluding hydrogens is 220 g/mol. The van der Waals surface area contributed by atoms with Gasteiger partial charge in [0.2, 0.25) is 0 Å². The Kier molecular flexibility index (Phi) is 5.26. The Morgan fingerprint density at radius 3 is 1.33 bits per heavy atom. The van der Waals surface area contributed by atoms with Crippen LogP contribution in [0.25, 0.3) is 12.2 Å². The largest absolute Gasteiger partial charge is 0.250 e. The molecule has 18 heavy (non-hydrogen) atoms. The molecule has 0 unspecified atom stereocenters. The highest BCUT2D eigenvalue weighted by molar-refractivity contribution is 5.53. The van der Waals surface area contributed by atoms with Gasteiger partial charge in [-0.2, -0.15) is 0 Å². The van der Waals surface area contributed by atoms with Crippen molar-refractivity contribution >= 4 is 12.2 Å². The predicted molar refractivity (Wildman–Crippen MR) is 79.3 cm³/mol. The summed E-state index contributed by atoms with van der Waals surface area (Å²) < 4.78 is 0. The molecule has 0 aliphatic rings. The maximum atomic E-state index is 4.62. The van der Waals surface area contributed by atoms with Crippen LogP contribution in [0.1, 0.15) is 50.5 Å². The number of aromatic nitrogens is 2. The Balaban J connectivity index is 3.04. The van der Waals surface area contributed by atoms with E-state index >= 15 is 0 Å². The lowest BCUT2D eigenvalue weighted by Crippen LogP contribution is -1.99. The summed E-state index contributed by atoms with van der Waals surface area (Å²) in [5, 5.41) is 0. The zero-order valence-corrected chi connectivity index (χ0v) is 12.4. The van der Waals surface area contributed by atoms with E-state index in [0.717, 1.165) is 22.8 Å². The van der Waals surface area contributed by atoms with Gasteiger partial charge in [-0.25, -0.2) is 9.97 Å². The topological polar surface area (TPSA) is 25.8 Å². The van der Waals surface area contributed by atoms with E-state index < -0.39 is 0 Å². The summed E-state index contributed by atoms with van der Waals surface area (Å²) in [5.74, 6) is 1.07. The summed E-state index contributed by atoms with van der Waals surface area (Å²) in [6, 6.07) is 0. The van der Waals surface area contributed by atoms with Crippen LogP contribution in [-0.2, 0) is 0 Å². The molecule has 0 N–H and O–H groups in total. The molecular formula is C16H24N2. The molecule has 0 saturated carbocycles. The highest BCUT2D eigenvalue weighted by atomic mass is 14.8. The molecule has 1 aromatic rings. The van der Waals surface area contributed by atoms with E-state index in [1.807, 2.05) is 13.8 Å². The Hall–Kier alpha value is -1.44. The molecule has 2 nitrogen and oxygen atoms in total. The van der Waals surface area contributed by atoms with E-state index in [0.29, 0.717) is 11.8 Å². The first-order valence-corrected chi connectivity index (χ1v) is 6.61. The summed E-state index contributed by atoms with van der Waals surface area (Å²) in [5.41, 5.74) is 3.92. The summed E-state index contributed by atoms with van der Waals surface area (Å²) >= 11 is 0. The van der Waals surface area contributed by atoms with E-state index in [2.05, 4.69) is 62.0 Å². The average molecular weight is 244 g/mol. The second-order valence-corrected chi connectivity index (χ2v) is 5.37. The number of hydrogen-bond acceptors (Lipinski definition) is 2. The average Bonchev–Trinajstić information content (AvgIpc) is 2.27. The van der Waals surface area contributed by atoms with Gasteiger partial charge in [-0.15, -0.1) is 0 Å². The Morgan fingerprint density at radius 2 is 1.06 bits per heavy atom. The van der Waals surface area contributed by atoms with Gasteiger partial charge >= 0.3 is 0 Å². The summed E-state index contributed by atoms with van der Waals surface area (Å²) in [6.07, 6.45) is 8.44. The van der Waals surface area contributed by atoms with Crippen molar-refractivity contribution in [3.8, 4) is 0 Å². The number of hydrogen-bond donors (Lipinski definition) is 0. The van der Waals surface area contributed by atoms with Crippen molar-refractivity contribution in [2.24, 2.45) is 11.8 Å². The molecule has 0 aliphatic heterocycles. The van der Waals surface area contributed by atoms with Crippen LogP contribution in [0.5, 0.6) is 0 Å². The molecule has 0 fully saturated rings. The third kappa shape index (κ3) is 4.44. The molecule has 0 amide bonds. The van der Waals surface area contributed by atoms with Crippen LogP contribution in [0.2, 0.25) is 0 Å². The smallest absolute Gasteiger partial charge is 0.0842 e. The minimum Gasteiger partial charge on any atom is -0.250 e. The SMILES string of the molecule is Cc1nc(/C=C/C(C)C)c(C)nc1/C=C/C(C)C. The van der Waals surface area contributed by atoms with Gasteiger partial charge in [0.25, 0.3) is 0 Å². The van der Waals surface area contributed by atoms with Crippen molar-refractivity contribution < 1.29 is 0 Å². The molecule has 0 atom stereocenters. The van der Waals surface area contributed by atoms with Crippen molar-refractivity contribution in [3.05, 3.63) is 34.9 Å². The van der Waals surface area contributed by atoms with E-state index in [-0.39, 0.29) is 0 Å². The fraction of sp³-hybridized carbons (Fsp3) is 0.500. The molecule has 0 spiro atoms. The molecule has 0 aliphatic carbocycles. The fourth-order valence-corrected chi connectivity index (χ4v) is 1.52. The van der Waals surface area contributed by atoms with Crippen LogP contribution < -0.4 is 0 Å². The highest BCUT2D eigenvalue weighted by Gasteiger charge is 2.04. The maximum absolute atomic E-state index is 4.62. The van der Waals surface area contributed by atoms with E-state index in [1.165, 1.54) is 0 Å². The molecule has 0 aromatic carbocycles. The van der Waals surface area contributed by atoms with Crippen LogP contribution >= 0.6 is 0 Å². The van der Waals surface area contributed by atoms with Gasteiger partial charge < -0.3 is 0 Å². The van der Waals surface area contributed by atoms with Crippen molar-refractivity contribution in [3.63, 3.8) is 0 Å². The summed E-state index contributed by atoms with van der Waals surface area (Å²) in [4.78, 5) is 9.24. The maximum Gasteiger partial charge on any atom is 0.0842 e. The van der Waals surface area contributed by atoms with Crippen molar-refractivity contribution in [1.82, 2.24) is 9.97 Å². The minimum atomic E-state index is 0.534. The van der Waals surface area contributed by atoms with Crippen LogP contribution in [-0.4, -0.2) is 9.97 Å². The molecule has 1 aromatic heterocycles. The van der Waals surface area contributed by atoms with Crippen LogP contribution in [0.15, 0.2) is 12.2 Å². The second kappa shape index (κ2) is 6.48. The first-order valence-electron chi connectivity index (χ1n) is 6.61. The van der Waals surface area contributed by atoms with Gasteiger partial charge in [0.15, 0.2) is 0 Å². The minimum absolute atomic E-state index is 0.534. The molecule has 1 heterocycles. The molecule has 0 saturated heterocycles. The predicted octanol–water partition coefficient (Wildman–Crippen LogP) is 4.43. The number of nitrogens with zero attached hydrogens (tertiary/aromatic N) is 2. The van der Waals surface area contributed by atoms with Gasteiger partial charge in [0, 0.05) is 0 Å². The lowest BCUT2D eigenvalue weighted by molar-refractivity contribution is 0.834. The van der Waals surface area contributed by atoms with Crippen molar-refractivity contribution in [2.45, 2.75) is 41.5 Å². The zero-order valence-electron chi connectivity index (χ0n) is 12.4. The summed E-state index contributed by atoms with van der Waals surface area (Å²) in [6.45, 7) is 12.7. The van der Waals surface area contributed by atoms with Gasteiger partial charge in [0.05, 0.1) is 22.8 Å². The standard InChI is InChI=1S/C16H24N2/c1-11(2)7-9-15-13(5)18-16(14(6)17-15)10-8-12(3)4/h7-12H,1-6H3/b9-7+,10-8+. The monoisotopic (exact) mass is 244 g/mol. The van der Waals surface area contributed by atoms with E-state index in [1.54, 1.807) is 0 Å². The third-order valence-corrected chi connectivity index (χ3v) is 2.60. The van der Waals surface area contributed by atoms with Gasteiger partial charge in [-0.3, -0.25) is 0 Å². The fourth-order valence-electron chi connectivity index (χ4n) is 1.52. The molecule has 98 valence electrons. The first kappa shape index (κ1) is 14.6. The van der Waals surface area contributed by atoms with E-state index in [4.69, 9.17) is 0 Å². The van der Waals surface area contributed by atoms with Crippen LogP contribution in [0.3, 0.4) is 0 Å². The first-order chi connectivity index (χ1) is 8.40. The lowest BCUT2D eigenvalue weighted by atomic mass is 10.1. The molecule has 0 bridgehead atoms. The quantitative estimate of drug-likeness (QED) is 0.783. The summed E-state index contributed by atoms with van der Waals surface area (Å²) in [7, 11) is 0. The van der Waals surface area contributed by atoms with Crippen LogP contribution in [0.4, 0.5) is 0 Å². The zero-order chi connectivity index (χ0) is 13.7. The second-order valence-electron chi connectivity index (χ2n) is 5.37. The molecule has 2 heteroatoms. The van der Waals surface area contributed by atoms with Crippen molar-refractivity contribution in [2.75, 3.05) is 0 Å². The Labute approximate surface area is 111 Å². The van der Waals surface area contributed by atoms with Gasteiger partial charge in [-0.05, 0) is 37.8 Å². The third-order valence-electron chi connectivity index (χ3n) is 2.60. The van der Waals surface area contributed by atoms with Crippen molar-refractivity contribution in [1.29, 1.82) is 0 Å². The Bertz CT molecular complexity index is 411. The number of aryl methyl sites for hydroxylation is 2. The Morgan fingerprint density at radius 1 is 0.722 bits per heavy atom. The molecule has 0 radical (unpaired) electrons. The number of rotatable bonds is 4. The van der Waals surface area contributed by atoms with Gasteiger partial charge in [-0.1, -0.05) is 39.8 Å².